The van der Waals surface area contributed by atoms with Crippen LogP contribution in [0.25, 0.3) is 22.4 Å². The van der Waals surface area contributed by atoms with Gasteiger partial charge in [-0.05, 0) is 133 Å². The van der Waals surface area contributed by atoms with Crippen molar-refractivity contribution in [1.29, 1.82) is 0 Å². The third kappa shape index (κ3) is 6.23. The SMILES string of the molecule is CC(C)C1=C2[C@H]3CC[C@@H]4[C@@]5(C)CC[C@H](OC(=O)[C@H]6C[C@@H](C(=O)O)C6(C)C)C(C)(C)[C@@H]5CC[C@@]4(C)[C@]3(C)CC[C@@]2(CCNC(=O)c2ccc3nc(-c4ccccc4)[nH]c3c2)CC1=O. The number of allylic oxidation sites excluding steroid dienone is 2. The zero-order valence-corrected chi connectivity index (χ0v) is 38.6. The fraction of sp³-hybridized carbons (Fsp3) is 0.642. The van der Waals surface area contributed by atoms with E-state index in [1.807, 2.05) is 62.4 Å². The van der Waals surface area contributed by atoms with E-state index in [1.54, 1.807) is 0 Å². The van der Waals surface area contributed by atoms with Gasteiger partial charge in [-0.2, -0.15) is 0 Å². The number of esters is 1. The van der Waals surface area contributed by atoms with Crippen LogP contribution in [0.3, 0.4) is 0 Å². The molecule has 9 nitrogen and oxygen atoms in total. The van der Waals surface area contributed by atoms with E-state index in [9.17, 15) is 24.3 Å². The van der Waals surface area contributed by atoms with Gasteiger partial charge in [0.15, 0.2) is 5.78 Å². The largest absolute Gasteiger partial charge is 0.481 e. The fourth-order valence-electron chi connectivity index (χ4n) is 15.6. The van der Waals surface area contributed by atoms with Gasteiger partial charge in [-0.1, -0.05) is 98.2 Å². The minimum Gasteiger partial charge on any atom is -0.481 e. The van der Waals surface area contributed by atoms with Crippen LogP contribution in [0.1, 0.15) is 143 Å². The number of imidazole rings is 1. The summed E-state index contributed by atoms with van der Waals surface area (Å²) in [4.78, 5) is 61.6. The van der Waals surface area contributed by atoms with Gasteiger partial charge in [0.05, 0.1) is 22.9 Å². The number of amides is 1. The summed E-state index contributed by atoms with van der Waals surface area (Å²) in [6.45, 7) is 21.1. The van der Waals surface area contributed by atoms with Crippen molar-refractivity contribution in [3.8, 4) is 11.4 Å². The van der Waals surface area contributed by atoms with Crippen LogP contribution < -0.4 is 5.32 Å². The zero-order valence-electron chi connectivity index (χ0n) is 38.6. The number of ketones is 1. The lowest BCUT2D eigenvalue weighted by atomic mass is 9.33. The van der Waals surface area contributed by atoms with Crippen molar-refractivity contribution in [2.45, 2.75) is 139 Å². The first-order chi connectivity index (χ1) is 29.2. The van der Waals surface area contributed by atoms with Crippen molar-refractivity contribution in [2.24, 2.45) is 68.0 Å². The highest BCUT2D eigenvalue weighted by atomic mass is 16.5. The monoisotopic (exact) mass is 844 g/mol. The second-order valence-corrected chi connectivity index (χ2v) is 23.0. The van der Waals surface area contributed by atoms with Crippen LogP contribution in [0.15, 0.2) is 59.7 Å². The van der Waals surface area contributed by atoms with E-state index in [0.29, 0.717) is 48.5 Å². The number of ether oxygens (including phenoxy) is 1. The Morgan fingerprint density at radius 3 is 2.29 bits per heavy atom. The predicted molar refractivity (Wildman–Crippen MR) is 241 cm³/mol. The molecule has 3 N–H and O–H groups in total. The van der Waals surface area contributed by atoms with Gasteiger partial charge in [-0.3, -0.25) is 19.2 Å². The van der Waals surface area contributed by atoms with Gasteiger partial charge in [0.1, 0.15) is 11.9 Å². The van der Waals surface area contributed by atoms with Crippen LogP contribution in [0.2, 0.25) is 0 Å². The van der Waals surface area contributed by atoms with Crippen molar-refractivity contribution in [3.05, 3.63) is 65.2 Å². The number of fused-ring (bicyclic) bond motifs is 8. The molecule has 0 unspecified atom stereocenters. The van der Waals surface area contributed by atoms with Gasteiger partial charge >= 0.3 is 11.9 Å². The van der Waals surface area contributed by atoms with E-state index >= 15 is 0 Å². The molecular weight excluding hydrogens is 775 g/mol. The maximum absolute atomic E-state index is 14.2. The molecule has 0 bridgehead atoms. The first-order valence-corrected chi connectivity index (χ1v) is 23.7. The summed E-state index contributed by atoms with van der Waals surface area (Å²) < 4.78 is 6.44. The van der Waals surface area contributed by atoms with E-state index in [0.717, 1.165) is 85.8 Å². The molecule has 0 spiro atoms. The summed E-state index contributed by atoms with van der Waals surface area (Å²) in [6.07, 6.45) is 9.71. The standard InChI is InChI=1S/C53H69N3O6/c1-30(2)42-38(57)29-53(25-26-54-45(58)32-15-17-36-37(27-32)56-44(55-36)31-13-11-10-12-14-31)24-23-51(8)33(43(42)53)16-18-40-50(7)21-20-41(49(5,6)39(50)19-22-52(40,51)9)62-47(61)35-28-34(46(59)60)48(35,3)4/h10-15,17,27,30,33-35,39-41H,16,18-26,28-29H2,1-9H3,(H,54,58)(H,55,56)(H,59,60)/t33-,34+,35-,39+,40-,41+,50+,51-,52-,53-/m1/s1. The number of carbonyl (C=O) groups excluding carboxylic acids is 3. The Morgan fingerprint density at radius 1 is 0.855 bits per heavy atom. The van der Waals surface area contributed by atoms with E-state index in [-0.39, 0.29) is 56.9 Å². The van der Waals surface area contributed by atoms with Crippen LogP contribution >= 0.6 is 0 Å². The van der Waals surface area contributed by atoms with Crippen molar-refractivity contribution >= 4 is 34.7 Å². The highest BCUT2D eigenvalue weighted by Crippen LogP contribution is 2.77. The van der Waals surface area contributed by atoms with Crippen LogP contribution in [-0.2, 0) is 19.1 Å². The molecule has 1 amide bonds. The fourth-order valence-corrected chi connectivity index (χ4v) is 15.6. The number of aliphatic carboxylic acids is 1. The summed E-state index contributed by atoms with van der Waals surface area (Å²) in [5.41, 5.74) is 4.87. The summed E-state index contributed by atoms with van der Waals surface area (Å²) in [5, 5.41) is 13.0. The quantitative estimate of drug-likeness (QED) is 0.182. The lowest BCUT2D eigenvalue weighted by Crippen LogP contribution is -2.66. The second kappa shape index (κ2) is 14.6. The molecule has 10 atom stereocenters. The van der Waals surface area contributed by atoms with Gasteiger partial charge < -0.3 is 20.1 Å². The molecule has 62 heavy (non-hydrogen) atoms. The second-order valence-electron chi connectivity index (χ2n) is 23.0. The van der Waals surface area contributed by atoms with Gasteiger partial charge in [0.2, 0.25) is 0 Å². The van der Waals surface area contributed by atoms with Gasteiger partial charge in [0.25, 0.3) is 5.91 Å². The normalized spacial score (nSPS) is 36.8. The Balaban J connectivity index is 0.922. The molecule has 9 heteroatoms. The van der Waals surface area contributed by atoms with E-state index in [2.05, 4.69) is 58.8 Å². The summed E-state index contributed by atoms with van der Waals surface area (Å²) in [6, 6.07) is 15.6. The topological polar surface area (TPSA) is 138 Å². The number of aromatic amines is 1. The summed E-state index contributed by atoms with van der Waals surface area (Å²) in [7, 11) is 0. The van der Waals surface area contributed by atoms with Crippen LogP contribution in [0.5, 0.6) is 0 Å². The highest BCUT2D eigenvalue weighted by molar-refractivity contribution is 6.01. The van der Waals surface area contributed by atoms with E-state index < -0.39 is 17.3 Å². The van der Waals surface area contributed by atoms with Gasteiger partial charge in [0, 0.05) is 34.9 Å². The van der Waals surface area contributed by atoms with Gasteiger partial charge in [-0.15, -0.1) is 0 Å². The number of carbonyl (C=O) groups is 4. The molecule has 9 rings (SSSR count). The summed E-state index contributed by atoms with van der Waals surface area (Å²) in [5.74, 6) is 0.410. The molecular formula is C53H69N3O6. The van der Waals surface area contributed by atoms with Crippen molar-refractivity contribution in [3.63, 3.8) is 0 Å². The Kier molecular flexibility index (Phi) is 10.1. The molecule has 0 saturated heterocycles. The first kappa shape index (κ1) is 43.0. The number of aromatic nitrogens is 2. The molecule has 332 valence electrons. The first-order valence-electron chi connectivity index (χ1n) is 23.7. The Hall–Kier alpha value is -4.27. The van der Waals surface area contributed by atoms with Crippen molar-refractivity contribution in [2.75, 3.05) is 6.54 Å². The van der Waals surface area contributed by atoms with Crippen molar-refractivity contribution < 1.29 is 29.0 Å². The van der Waals surface area contributed by atoms with Crippen LogP contribution in [0, 0.1) is 68.0 Å². The maximum atomic E-state index is 14.2. The highest BCUT2D eigenvalue weighted by Gasteiger charge is 2.70. The number of hydrogen-bond acceptors (Lipinski definition) is 6. The Labute approximate surface area is 368 Å². The number of hydrogen-bond donors (Lipinski definition) is 3. The van der Waals surface area contributed by atoms with E-state index in [4.69, 9.17) is 9.72 Å². The minimum atomic E-state index is -0.830. The Bertz CT molecular complexity index is 2360. The van der Waals surface area contributed by atoms with Crippen LogP contribution in [0.4, 0.5) is 0 Å². The molecule has 1 heterocycles. The number of H-pyrrole nitrogens is 1. The van der Waals surface area contributed by atoms with E-state index in [1.165, 1.54) is 5.57 Å². The molecule has 5 saturated carbocycles. The predicted octanol–water partition coefficient (Wildman–Crippen LogP) is 11.0. The number of nitrogens with one attached hydrogen (secondary N) is 2. The number of benzene rings is 2. The zero-order chi connectivity index (χ0) is 44.4. The molecule has 1 aromatic heterocycles. The lowest BCUT2D eigenvalue weighted by Gasteiger charge is -2.72. The van der Waals surface area contributed by atoms with Crippen LogP contribution in [-0.4, -0.2) is 51.4 Å². The number of Topliss-reactive ketones (excluding diaryl/α,β-unsaturated/α-hetero) is 1. The number of nitrogens with zero attached hydrogens (tertiary/aromatic N) is 1. The third-order valence-corrected chi connectivity index (χ3v) is 19.3. The minimum absolute atomic E-state index is 0.0266. The molecule has 2 aromatic carbocycles. The molecule has 0 radical (unpaired) electrons. The molecule has 6 aliphatic rings. The van der Waals surface area contributed by atoms with Crippen molar-refractivity contribution in [1.82, 2.24) is 15.3 Å². The van der Waals surface area contributed by atoms with Gasteiger partial charge in [-0.25, -0.2) is 4.98 Å². The molecule has 0 aliphatic heterocycles. The average molecular weight is 844 g/mol. The third-order valence-electron chi connectivity index (χ3n) is 19.3. The maximum Gasteiger partial charge on any atom is 0.309 e. The average Bonchev–Trinajstić information content (AvgIpc) is 3.77. The lowest BCUT2D eigenvalue weighted by molar-refractivity contribution is -0.236. The number of rotatable bonds is 9. The number of carboxylic acid groups (broad SMARTS) is 1. The molecule has 6 aliphatic carbocycles. The Morgan fingerprint density at radius 2 is 1.60 bits per heavy atom. The number of carboxylic acids is 1. The molecule has 5 fully saturated rings. The molecule has 3 aromatic rings. The summed E-state index contributed by atoms with van der Waals surface area (Å²) >= 11 is 0. The smallest absolute Gasteiger partial charge is 0.309 e.